The van der Waals surface area contributed by atoms with E-state index in [1.165, 1.54) is 0 Å². The van der Waals surface area contributed by atoms with Crippen LogP contribution < -0.4 is 9.47 Å². The first kappa shape index (κ1) is 28.4. The number of carbonyl (C=O) groups is 2. The van der Waals surface area contributed by atoms with Gasteiger partial charge in [0.2, 0.25) is 0 Å². The van der Waals surface area contributed by atoms with Gasteiger partial charge in [0.15, 0.2) is 0 Å². The van der Waals surface area contributed by atoms with Gasteiger partial charge in [-0.15, -0.1) is 0 Å². The molecule has 0 spiro atoms. The molecule has 4 aromatic carbocycles. The van der Waals surface area contributed by atoms with E-state index >= 15 is 0 Å². The minimum atomic E-state index is -0.700. The molecule has 0 radical (unpaired) electrons. The van der Waals surface area contributed by atoms with Crippen LogP contribution in [0.3, 0.4) is 0 Å². The first-order valence-electron chi connectivity index (χ1n) is 12.8. The Morgan fingerprint density at radius 3 is 1.12 bits per heavy atom. The maximum Gasteiger partial charge on any atom is 0.317 e. The molecular weight excluding hydrogens is 520 g/mol. The van der Waals surface area contributed by atoms with Crippen molar-refractivity contribution in [3.8, 4) is 45.9 Å². The van der Waals surface area contributed by atoms with Gasteiger partial charge >= 0.3 is 11.9 Å². The lowest BCUT2D eigenvalue weighted by Crippen LogP contribution is -2.18. The Bertz CT molecular complexity index is 1410. The Kier molecular flexibility index (Phi) is 10.1. The highest BCUT2D eigenvalue weighted by Gasteiger charge is 2.12. The SMILES string of the molecule is N#Cc1ccc(-c2ccc(OCCOC(=O)CC(=O)OCCOc3ccc(-c4ccc(C#N)cc4)cc3)cc2)cc1. The summed E-state index contributed by atoms with van der Waals surface area (Å²) >= 11 is 0. The second kappa shape index (κ2) is 14.5. The molecule has 0 aromatic heterocycles. The van der Waals surface area contributed by atoms with Gasteiger partial charge in [-0.1, -0.05) is 48.5 Å². The number of ether oxygens (including phenoxy) is 4. The predicted molar refractivity (Wildman–Crippen MR) is 151 cm³/mol. The van der Waals surface area contributed by atoms with Crippen molar-refractivity contribution in [2.45, 2.75) is 6.42 Å². The first-order chi connectivity index (χ1) is 20.0. The summed E-state index contributed by atoms with van der Waals surface area (Å²) in [6, 6.07) is 33.6. The van der Waals surface area contributed by atoms with E-state index in [0.29, 0.717) is 22.6 Å². The third-order valence-electron chi connectivity index (χ3n) is 5.92. The van der Waals surface area contributed by atoms with E-state index in [2.05, 4.69) is 12.1 Å². The molecular formula is C33H26N2O6. The molecule has 0 saturated carbocycles. The summed E-state index contributed by atoms with van der Waals surface area (Å²) in [6.45, 7) is 0.250. The summed E-state index contributed by atoms with van der Waals surface area (Å²) in [5, 5.41) is 17.8. The van der Waals surface area contributed by atoms with E-state index in [1.807, 2.05) is 48.5 Å². The Hall–Kier alpha value is -5.60. The fourth-order valence-electron chi connectivity index (χ4n) is 3.81. The molecule has 0 aliphatic carbocycles. The highest BCUT2D eigenvalue weighted by molar-refractivity contribution is 5.91. The minimum absolute atomic E-state index is 0.00887. The van der Waals surface area contributed by atoms with Gasteiger partial charge in [0, 0.05) is 0 Å². The van der Waals surface area contributed by atoms with Crippen molar-refractivity contribution in [2.75, 3.05) is 26.4 Å². The topological polar surface area (TPSA) is 119 Å². The van der Waals surface area contributed by atoms with Crippen LogP contribution in [0.1, 0.15) is 17.5 Å². The van der Waals surface area contributed by atoms with E-state index in [-0.39, 0.29) is 26.4 Å². The van der Waals surface area contributed by atoms with Crippen LogP contribution >= 0.6 is 0 Å². The summed E-state index contributed by atoms with van der Waals surface area (Å²) in [6.07, 6.45) is -0.501. The zero-order chi connectivity index (χ0) is 28.9. The fourth-order valence-corrected chi connectivity index (χ4v) is 3.81. The van der Waals surface area contributed by atoms with Crippen molar-refractivity contribution in [2.24, 2.45) is 0 Å². The van der Waals surface area contributed by atoms with Crippen molar-refractivity contribution in [1.82, 2.24) is 0 Å². The van der Waals surface area contributed by atoms with Crippen LogP contribution in [-0.2, 0) is 19.1 Å². The summed E-state index contributed by atoms with van der Waals surface area (Å²) < 4.78 is 21.3. The van der Waals surface area contributed by atoms with Crippen molar-refractivity contribution in [3.63, 3.8) is 0 Å². The molecule has 0 fully saturated rings. The van der Waals surface area contributed by atoms with Crippen molar-refractivity contribution < 1.29 is 28.5 Å². The molecule has 0 aliphatic heterocycles. The van der Waals surface area contributed by atoms with E-state index in [4.69, 9.17) is 29.5 Å². The average Bonchev–Trinajstić information content (AvgIpc) is 3.02. The van der Waals surface area contributed by atoms with E-state index < -0.39 is 18.4 Å². The van der Waals surface area contributed by atoms with Gasteiger partial charge in [0.1, 0.15) is 44.3 Å². The second-order valence-electron chi connectivity index (χ2n) is 8.74. The molecule has 8 nitrogen and oxygen atoms in total. The van der Waals surface area contributed by atoms with Crippen molar-refractivity contribution in [3.05, 3.63) is 108 Å². The van der Waals surface area contributed by atoms with E-state index in [9.17, 15) is 9.59 Å². The maximum atomic E-state index is 11.9. The van der Waals surface area contributed by atoms with Gasteiger partial charge in [-0.25, -0.2) is 0 Å². The molecule has 0 unspecified atom stereocenters. The molecule has 4 rings (SSSR count). The number of nitrogens with zero attached hydrogens (tertiary/aromatic N) is 2. The van der Waals surface area contributed by atoms with E-state index in [0.717, 1.165) is 22.3 Å². The Labute approximate surface area is 237 Å². The highest BCUT2D eigenvalue weighted by atomic mass is 16.6. The predicted octanol–water partition coefficient (Wildman–Crippen LogP) is 5.70. The van der Waals surface area contributed by atoms with Gasteiger partial charge in [-0.2, -0.15) is 10.5 Å². The standard InChI is InChI=1S/C33H26N2O6/c34-22-24-1-5-26(6-2-24)28-9-13-30(14-10-28)38-17-19-40-32(36)21-33(37)41-20-18-39-31-15-11-29(12-16-31)27-7-3-25(23-35)4-8-27/h1-16H,17-21H2. The van der Waals surface area contributed by atoms with E-state index in [1.54, 1.807) is 48.5 Å². The molecule has 8 heteroatoms. The zero-order valence-electron chi connectivity index (χ0n) is 22.1. The fraction of sp³-hybridized carbons (Fsp3) is 0.152. The molecule has 41 heavy (non-hydrogen) atoms. The van der Waals surface area contributed by atoms with Crippen LogP contribution in [0.25, 0.3) is 22.3 Å². The lowest BCUT2D eigenvalue weighted by Gasteiger charge is -2.09. The smallest absolute Gasteiger partial charge is 0.317 e. The quantitative estimate of drug-likeness (QED) is 0.126. The monoisotopic (exact) mass is 546 g/mol. The number of hydrogen-bond acceptors (Lipinski definition) is 8. The van der Waals surface area contributed by atoms with Crippen LogP contribution in [0.4, 0.5) is 0 Å². The van der Waals surface area contributed by atoms with Gasteiger partial charge in [-0.05, 0) is 70.8 Å². The molecule has 0 aliphatic rings. The number of rotatable bonds is 12. The average molecular weight is 547 g/mol. The number of nitriles is 2. The first-order valence-corrected chi connectivity index (χ1v) is 12.8. The lowest BCUT2D eigenvalue weighted by molar-refractivity contribution is -0.155. The lowest BCUT2D eigenvalue weighted by atomic mass is 10.0. The van der Waals surface area contributed by atoms with Crippen molar-refractivity contribution in [1.29, 1.82) is 10.5 Å². The molecule has 0 N–H and O–H groups in total. The molecule has 0 atom stereocenters. The summed E-state index contributed by atoms with van der Waals surface area (Å²) in [5.41, 5.74) is 5.13. The van der Waals surface area contributed by atoms with Gasteiger partial charge in [0.05, 0.1) is 23.3 Å². The molecule has 0 bridgehead atoms. The third-order valence-corrected chi connectivity index (χ3v) is 5.92. The number of benzene rings is 4. The second-order valence-corrected chi connectivity index (χ2v) is 8.74. The zero-order valence-corrected chi connectivity index (χ0v) is 22.1. The molecule has 4 aromatic rings. The Morgan fingerprint density at radius 1 is 0.488 bits per heavy atom. The van der Waals surface area contributed by atoms with Gasteiger partial charge in [0.25, 0.3) is 0 Å². The summed E-state index contributed by atoms with van der Waals surface area (Å²) in [7, 11) is 0. The molecule has 0 amide bonds. The largest absolute Gasteiger partial charge is 0.490 e. The maximum absolute atomic E-state index is 11.9. The van der Waals surface area contributed by atoms with Gasteiger partial charge in [-0.3, -0.25) is 9.59 Å². The van der Waals surface area contributed by atoms with Crippen LogP contribution in [0.2, 0.25) is 0 Å². The number of hydrogen-bond donors (Lipinski definition) is 0. The van der Waals surface area contributed by atoms with Crippen molar-refractivity contribution >= 4 is 11.9 Å². The third kappa shape index (κ3) is 8.71. The van der Waals surface area contributed by atoms with Crippen LogP contribution in [0, 0.1) is 22.7 Å². The van der Waals surface area contributed by atoms with Crippen LogP contribution in [-0.4, -0.2) is 38.4 Å². The number of carbonyl (C=O) groups excluding carboxylic acids is 2. The minimum Gasteiger partial charge on any atom is -0.490 e. The van der Waals surface area contributed by atoms with Crippen LogP contribution in [0.15, 0.2) is 97.1 Å². The van der Waals surface area contributed by atoms with Crippen LogP contribution in [0.5, 0.6) is 11.5 Å². The molecule has 204 valence electrons. The molecule has 0 saturated heterocycles. The Balaban J connectivity index is 1.08. The summed E-state index contributed by atoms with van der Waals surface area (Å²) in [4.78, 5) is 23.8. The summed E-state index contributed by atoms with van der Waals surface area (Å²) in [5.74, 6) is -0.174. The normalized spacial score (nSPS) is 10.1. The number of esters is 2. The highest BCUT2D eigenvalue weighted by Crippen LogP contribution is 2.24. The van der Waals surface area contributed by atoms with Gasteiger partial charge < -0.3 is 18.9 Å². The molecule has 0 heterocycles. The Morgan fingerprint density at radius 2 is 0.805 bits per heavy atom.